The summed E-state index contributed by atoms with van der Waals surface area (Å²) in [6.07, 6.45) is 6.01. The molecule has 1 saturated carbocycles. The number of halogens is 1. The number of amides is 1. The fourth-order valence-electron chi connectivity index (χ4n) is 4.51. The van der Waals surface area contributed by atoms with Crippen LogP contribution in [-0.4, -0.2) is 63.2 Å². The van der Waals surface area contributed by atoms with Crippen molar-refractivity contribution in [3.8, 4) is 10.7 Å². The van der Waals surface area contributed by atoms with Gasteiger partial charge in [0.15, 0.2) is 0 Å². The van der Waals surface area contributed by atoms with Crippen molar-refractivity contribution >= 4 is 23.1 Å². The van der Waals surface area contributed by atoms with E-state index in [0.29, 0.717) is 59.0 Å². The number of hydrogen-bond donors (Lipinski definition) is 3. The molecule has 1 saturated heterocycles. The lowest BCUT2D eigenvalue weighted by Crippen LogP contribution is -2.54. The molecule has 5 rings (SSSR count). The van der Waals surface area contributed by atoms with E-state index in [0.717, 1.165) is 19.3 Å². The Labute approximate surface area is 206 Å². The monoisotopic (exact) mass is 494 g/mol. The summed E-state index contributed by atoms with van der Waals surface area (Å²) in [5.41, 5.74) is 7.10. The third kappa shape index (κ3) is 4.73. The van der Waals surface area contributed by atoms with Crippen LogP contribution in [-0.2, 0) is 5.41 Å². The zero-order valence-corrected chi connectivity index (χ0v) is 20.0. The summed E-state index contributed by atoms with van der Waals surface area (Å²) >= 11 is 1.28. The van der Waals surface area contributed by atoms with Crippen LogP contribution in [0.2, 0.25) is 0 Å². The van der Waals surface area contributed by atoms with Crippen molar-refractivity contribution < 1.29 is 9.18 Å². The van der Waals surface area contributed by atoms with Crippen molar-refractivity contribution in [3.05, 3.63) is 65.3 Å². The Hall–Kier alpha value is -3.44. The normalized spacial score (nSPS) is 19.1. The van der Waals surface area contributed by atoms with E-state index in [1.807, 2.05) is 12.1 Å². The quantitative estimate of drug-likeness (QED) is 0.458. The first-order chi connectivity index (χ1) is 16.9. The standard InChI is InChI=1S/C24H27FN8OS/c1-15(26)18-13-33(11-10-27-18)23(34)19-12-29-22(35-19)17-5-6-20(32-31-17)30-14-24(7-3-8-24)21-16(25)4-2-9-28-21/h2,4-6,9,12,18,27H,1,3,7-8,10-11,13-14,26H2,(H,30,32). The number of carbonyl (C=O) groups excluding carboxylic acids is 1. The average molecular weight is 495 g/mol. The summed E-state index contributed by atoms with van der Waals surface area (Å²) in [5, 5.41) is 15.7. The number of pyridine rings is 1. The van der Waals surface area contributed by atoms with E-state index < -0.39 is 0 Å². The van der Waals surface area contributed by atoms with Crippen molar-refractivity contribution in [1.82, 2.24) is 30.4 Å². The number of aromatic nitrogens is 4. The highest BCUT2D eigenvalue weighted by molar-refractivity contribution is 7.16. The molecule has 1 unspecified atom stereocenters. The predicted molar refractivity (Wildman–Crippen MR) is 132 cm³/mol. The fraction of sp³-hybridized carbons (Fsp3) is 0.375. The molecule has 0 spiro atoms. The molecule has 11 heteroatoms. The maximum Gasteiger partial charge on any atom is 0.265 e. The van der Waals surface area contributed by atoms with Crippen LogP contribution in [0.5, 0.6) is 0 Å². The highest BCUT2D eigenvalue weighted by atomic mass is 32.1. The molecular weight excluding hydrogens is 467 g/mol. The molecule has 0 radical (unpaired) electrons. The number of nitrogens with one attached hydrogen (secondary N) is 2. The maximum absolute atomic E-state index is 14.3. The van der Waals surface area contributed by atoms with Crippen LogP contribution in [0.3, 0.4) is 0 Å². The molecule has 0 aromatic carbocycles. The zero-order chi connectivity index (χ0) is 24.4. The van der Waals surface area contributed by atoms with Crippen LogP contribution in [0.4, 0.5) is 10.2 Å². The van der Waals surface area contributed by atoms with Crippen LogP contribution in [0.25, 0.3) is 10.7 Å². The van der Waals surface area contributed by atoms with Crippen molar-refractivity contribution in [2.45, 2.75) is 30.7 Å². The van der Waals surface area contributed by atoms with Gasteiger partial charge in [-0.3, -0.25) is 9.78 Å². The van der Waals surface area contributed by atoms with E-state index >= 15 is 0 Å². The van der Waals surface area contributed by atoms with E-state index in [9.17, 15) is 9.18 Å². The Morgan fingerprint density at radius 1 is 1.31 bits per heavy atom. The third-order valence-electron chi connectivity index (χ3n) is 6.69. The van der Waals surface area contributed by atoms with Gasteiger partial charge in [-0.05, 0) is 37.1 Å². The number of carbonyl (C=O) groups is 1. The Morgan fingerprint density at radius 3 is 2.86 bits per heavy atom. The van der Waals surface area contributed by atoms with Gasteiger partial charge in [-0.25, -0.2) is 9.37 Å². The van der Waals surface area contributed by atoms with Gasteiger partial charge in [0.25, 0.3) is 5.91 Å². The topological polar surface area (TPSA) is 122 Å². The third-order valence-corrected chi connectivity index (χ3v) is 7.70. The Bertz CT molecular complexity index is 1230. The van der Waals surface area contributed by atoms with Crippen LogP contribution < -0.4 is 16.4 Å². The number of nitrogens with zero attached hydrogens (tertiary/aromatic N) is 5. The van der Waals surface area contributed by atoms with Crippen LogP contribution in [0.15, 0.2) is 48.9 Å². The van der Waals surface area contributed by atoms with Gasteiger partial charge in [0, 0.05) is 43.5 Å². The number of anilines is 1. The molecule has 4 N–H and O–H groups in total. The lowest BCUT2D eigenvalue weighted by atomic mass is 9.66. The molecule has 3 aromatic rings. The number of piperazine rings is 1. The number of thiazole rings is 1. The van der Waals surface area contributed by atoms with Gasteiger partial charge in [-0.2, -0.15) is 0 Å². The van der Waals surface area contributed by atoms with Gasteiger partial charge in [-0.15, -0.1) is 21.5 Å². The molecule has 4 heterocycles. The molecule has 0 bridgehead atoms. The second kappa shape index (κ2) is 9.67. The fourth-order valence-corrected chi connectivity index (χ4v) is 5.36. The van der Waals surface area contributed by atoms with Crippen LogP contribution in [0.1, 0.15) is 34.6 Å². The smallest absolute Gasteiger partial charge is 0.265 e. The predicted octanol–water partition coefficient (Wildman–Crippen LogP) is 2.55. The largest absolute Gasteiger partial charge is 0.401 e. The van der Waals surface area contributed by atoms with E-state index in [2.05, 4.69) is 37.4 Å². The Balaban J connectivity index is 1.23. The minimum Gasteiger partial charge on any atom is -0.401 e. The highest BCUT2D eigenvalue weighted by Gasteiger charge is 2.41. The van der Waals surface area contributed by atoms with E-state index in [4.69, 9.17) is 5.73 Å². The van der Waals surface area contributed by atoms with Crippen molar-refractivity contribution in [2.24, 2.45) is 5.73 Å². The second-order valence-electron chi connectivity index (χ2n) is 8.99. The lowest BCUT2D eigenvalue weighted by molar-refractivity contribution is 0.0719. The lowest BCUT2D eigenvalue weighted by Gasteiger charge is -2.41. The Morgan fingerprint density at radius 2 is 2.17 bits per heavy atom. The molecule has 1 aliphatic heterocycles. The average Bonchev–Trinajstić information content (AvgIpc) is 3.35. The summed E-state index contributed by atoms with van der Waals surface area (Å²) in [4.78, 5) is 23.9. The number of nitrogens with two attached hydrogens (primary N) is 1. The molecule has 1 aliphatic carbocycles. The van der Waals surface area contributed by atoms with Crippen LogP contribution in [0, 0.1) is 5.82 Å². The van der Waals surface area contributed by atoms with Gasteiger partial charge in [-0.1, -0.05) is 13.0 Å². The molecule has 2 aliphatic rings. The molecule has 35 heavy (non-hydrogen) atoms. The first-order valence-corrected chi connectivity index (χ1v) is 12.4. The van der Waals surface area contributed by atoms with Gasteiger partial charge < -0.3 is 21.3 Å². The van der Waals surface area contributed by atoms with Crippen molar-refractivity contribution in [1.29, 1.82) is 0 Å². The highest BCUT2D eigenvalue weighted by Crippen LogP contribution is 2.43. The SMILES string of the molecule is C=C(N)C1CN(C(=O)c2cnc(-c3ccc(NCC4(c5ncccc5F)CCC4)nn3)s2)CCN1. The molecule has 2 fully saturated rings. The summed E-state index contributed by atoms with van der Waals surface area (Å²) in [5.74, 6) is 0.243. The summed E-state index contributed by atoms with van der Waals surface area (Å²) in [6, 6.07) is 6.59. The first-order valence-electron chi connectivity index (χ1n) is 11.6. The first kappa shape index (κ1) is 23.3. The van der Waals surface area contributed by atoms with Crippen LogP contribution >= 0.6 is 11.3 Å². The Kier molecular flexibility index (Phi) is 6.44. The van der Waals surface area contributed by atoms with Crippen molar-refractivity contribution in [2.75, 3.05) is 31.5 Å². The zero-order valence-electron chi connectivity index (χ0n) is 19.2. The molecule has 1 atom stereocenters. The molecule has 1 amide bonds. The molecule has 3 aromatic heterocycles. The number of rotatable bonds is 7. The maximum atomic E-state index is 14.3. The van der Waals surface area contributed by atoms with Gasteiger partial charge in [0.05, 0.1) is 17.9 Å². The van der Waals surface area contributed by atoms with Gasteiger partial charge in [0.1, 0.15) is 27.2 Å². The van der Waals surface area contributed by atoms with Crippen molar-refractivity contribution in [3.63, 3.8) is 0 Å². The summed E-state index contributed by atoms with van der Waals surface area (Å²) in [7, 11) is 0. The van der Waals surface area contributed by atoms with E-state index in [1.165, 1.54) is 17.4 Å². The number of hydrogen-bond acceptors (Lipinski definition) is 9. The van der Waals surface area contributed by atoms with Gasteiger partial charge >= 0.3 is 0 Å². The van der Waals surface area contributed by atoms with E-state index in [1.54, 1.807) is 23.4 Å². The minimum atomic E-state index is -0.324. The van der Waals surface area contributed by atoms with E-state index in [-0.39, 0.29) is 23.2 Å². The summed E-state index contributed by atoms with van der Waals surface area (Å²) < 4.78 is 14.3. The second-order valence-corrected chi connectivity index (χ2v) is 10.0. The molecule has 9 nitrogen and oxygen atoms in total. The molecule has 182 valence electrons. The molecular formula is C24H27FN8OS. The summed E-state index contributed by atoms with van der Waals surface area (Å²) in [6.45, 7) is 6.04. The van der Waals surface area contributed by atoms with Gasteiger partial charge in [0.2, 0.25) is 0 Å². The minimum absolute atomic E-state index is 0.0831.